The highest BCUT2D eigenvalue weighted by atomic mass is 19.1. The van der Waals surface area contributed by atoms with Crippen LogP contribution in [0.5, 0.6) is 5.75 Å². The van der Waals surface area contributed by atoms with Gasteiger partial charge in [-0.25, -0.2) is 9.18 Å². The van der Waals surface area contributed by atoms with Crippen LogP contribution in [0.15, 0.2) is 48.5 Å². The van der Waals surface area contributed by atoms with E-state index in [1.54, 1.807) is 24.3 Å². The van der Waals surface area contributed by atoms with Gasteiger partial charge in [-0.2, -0.15) is 5.10 Å². The van der Waals surface area contributed by atoms with Crippen molar-refractivity contribution < 1.29 is 19.0 Å². The van der Waals surface area contributed by atoms with E-state index < -0.39 is 5.97 Å². The minimum absolute atomic E-state index is 0.172. The number of carboxylic acids is 1. The topological polar surface area (TPSA) is 64.3 Å². The van der Waals surface area contributed by atoms with Crippen LogP contribution < -0.4 is 4.74 Å². The molecule has 5 nitrogen and oxygen atoms in total. The fraction of sp³-hybridized carbons (Fsp3) is 0.304. The van der Waals surface area contributed by atoms with Gasteiger partial charge < -0.3 is 9.84 Å². The molecule has 0 bridgehead atoms. The Kier molecular flexibility index (Phi) is 6.32. The maximum atomic E-state index is 13.4. The summed E-state index contributed by atoms with van der Waals surface area (Å²) >= 11 is 0. The first kappa shape index (κ1) is 20.6. The second kappa shape index (κ2) is 8.90. The van der Waals surface area contributed by atoms with Crippen LogP contribution in [0.3, 0.4) is 0 Å². The van der Waals surface area contributed by atoms with Crippen LogP contribution in [0.1, 0.15) is 37.6 Å². The van der Waals surface area contributed by atoms with Crippen molar-refractivity contribution in [3.05, 3.63) is 59.9 Å². The fourth-order valence-electron chi connectivity index (χ4n) is 3.09. The molecule has 2 aromatic carbocycles. The number of rotatable bonds is 8. The summed E-state index contributed by atoms with van der Waals surface area (Å²) in [7, 11) is 0. The molecule has 0 saturated heterocycles. The summed E-state index contributed by atoms with van der Waals surface area (Å²) in [6, 6.07) is 13.0. The summed E-state index contributed by atoms with van der Waals surface area (Å²) in [6.45, 7) is 7.40. The Morgan fingerprint density at radius 2 is 1.90 bits per heavy atom. The third kappa shape index (κ3) is 4.83. The number of aromatic nitrogens is 2. The first-order chi connectivity index (χ1) is 13.9. The smallest absolute Gasteiger partial charge is 0.335 e. The van der Waals surface area contributed by atoms with E-state index in [1.165, 1.54) is 18.2 Å². The number of carboxylic acid groups (broad SMARTS) is 1. The summed E-state index contributed by atoms with van der Waals surface area (Å²) in [4.78, 5) is 11.5. The van der Waals surface area contributed by atoms with Gasteiger partial charge in [-0.05, 0) is 60.9 Å². The molecule has 152 valence electrons. The Hall–Kier alpha value is -3.15. The molecule has 0 saturated carbocycles. The van der Waals surface area contributed by atoms with Crippen molar-refractivity contribution in [3.8, 4) is 28.3 Å². The second-order valence-electron chi connectivity index (χ2n) is 7.36. The third-order valence-corrected chi connectivity index (χ3v) is 4.42. The van der Waals surface area contributed by atoms with Gasteiger partial charge in [-0.15, -0.1) is 0 Å². The summed E-state index contributed by atoms with van der Waals surface area (Å²) in [5, 5.41) is 14.1. The van der Waals surface area contributed by atoms with E-state index in [4.69, 9.17) is 9.84 Å². The predicted molar refractivity (Wildman–Crippen MR) is 111 cm³/mol. The van der Waals surface area contributed by atoms with Crippen molar-refractivity contribution in [2.24, 2.45) is 5.92 Å². The van der Waals surface area contributed by atoms with Crippen molar-refractivity contribution in [3.63, 3.8) is 0 Å². The lowest BCUT2D eigenvalue weighted by Crippen LogP contribution is -2.08. The molecule has 0 fully saturated rings. The number of hydrogen-bond donors (Lipinski definition) is 1. The molecule has 0 aliphatic heterocycles. The van der Waals surface area contributed by atoms with Crippen molar-refractivity contribution in [1.82, 2.24) is 9.78 Å². The zero-order valence-electron chi connectivity index (χ0n) is 16.9. The Labute approximate surface area is 169 Å². The lowest BCUT2D eigenvalue weighted by Gasteiger charge is -2.11. The molecule has 29 heavy (non-hydrogen) atoms. The molecule has 3 aromatic rings. The Morgan fingerprint density at radius 3 is 2.52 bits per heavy atom. The molecule has 0 spiro atoms. The van der Waals surface area contributed by atoms with Gasteiger partial charge in [0.05, 0.1) is 23.6 Å². The molecule has 0 atom stereocenters. The summed E-state index contributed by atoms with van der Waals surface area (Å²) in [5.74, 6) is -0.359. The Morgan fingerprint density at radius 1 is 1.17 bits per heavy atom. The molecular weight excluding hydrogens is 371 g/mol. The molecule has 0 aliphatic rings. The molecule has 1 heterocycles. The van der Waals surface area contributed by atoms with Gasteiger partial charge in [-0.3, -0.25) is 4.68 Å². The van der Waals surface area contributed by atoms with E-state index in [-0.39, 0.29) is 11.4 Å². The highest BCUT2D eigenvalue weighted by Gasteiger charge is 2.18. The molecule has 0 unspecified atom stereocenters. The molecule has 0 amide bonds. The molecular formula is C23H25FN2O3. The largest absolute Gasteiger partial charge is 0.493 e. The van der Waals surface area contributed by atoms with Crippen LogP contribution >= 0.6 is 0 Å². The molecule has 0 radical (unpaired) electrons. The summed E-state index contributed by atoms with van der Waals surface area (Å²) in [6.07, 6.45) is 0.836. The van der Waals surface area contributed by atoms with E-state index in [0.29, 0.717) is 36.1 Å². The van der Waals surface area contributed by atoms with Gasteiger partial charge in [0, 0.05) is 17.7 Å². The van der Waals surface area contributed by atoms with E-state index in [9.17, 15) is 14.3 Å². The molecule has 3 rings (SSSR count). The molecule has 0 aliphatic carbocycles. The van der Waals surface area contributed by atoms with E-state index in [1.807, 2.05) is 17.7 Å². The zero-order chi connectivity index (χ0) is 21.0. The number of halogens is 1. The fourth-order valence-corrected chi connectivity index (χ4v) is 3.09. The van der Waals surface area contributed by atoms with Gasteiger partial charge in [0.15, 0.2) is 0 Å². The van der Waals surface area contributed by atoms with Crippen LogP contribution in [0, 0.1) is 11.7 Å². The SMILES string of the molecule is CCCOc1ccc(C(=O)O)cc1-c1cc(-c2ccc(F)cc2)n(CC(C)C)n1. The predicted octanol–water partition coefficient (Wildman–Crippen LogP) is 5.50. The average Bonchev–Trinajstić information content (AvgIpc) is 3.09. The Balaban J connectivity index is 2.13. The van der Waals surface area contributed by atoms with Gasteiger partial charge in [0.25, 0.3) is 0 Å². The number of benzene rings is 2. The van der Waals surface area contributed by atoms with Gasteiger partial charge in [-0.1, -0.05) is 20.8 Å². The zero-order valence-corrected chi connectivity index (χ0v) is 16.9. The van der Waals surface area contributed by atoms with Crippen LogP contribution in [0.25, 0.3) is 22.5 Å². The lowest BCUT2D eigenvalue weighted by molar-refractivity contribution is 0.0697. The van der Waals surface area contributed by atoms with Crippen LogP contribution in [0.4, 0.5) is 4.39 Å². The van der Waals surface area contributed by atoms with Gasteiger partial charge >= 0.3 is 5.97 Å². The van der Waals surface area contributed by atoms with Gasteiger partial charge in [0.1, 0.15) is 11.6 Å². The van der Waals surface area contributed by atoms with E-state index in [2.05, 4.69) is 13.8 Å². The number of aromatic carboxylic acids is 1. The molecule has 6 heteroatoms. The number of nitrogens with zero attached hydrogens (tertiary/aromatic N) is 2. The standard InChI is InChI=1S/C23H25FN2O3/c1-4-11-29-22-10-7-17(23(27)28)12-19(22)20-13-21(26(25-20)14-15(2)3)16-5-8-18(24)9-6-16/h5-10,12-13,15H,4,11,14H2,1-3H3,(H,27,28). The van der Waals surface area contributed by atoms with Crippen molar-refractivity contribution in [1.29, 1.82) is 0 Å². The van der Waals surface area contributed by atoms with Crippen molar-refractivity contribution >= 4 is 5.97 Å². The molecule has 1 aromatic heterocycles. The molecule has 1 N–H and O–H groups in total. The normalized spacial score (nSPS) is 11.1. The second-order valence-corrected chi connectivity index (χ2v) is 7.36. The number of hydrogen-bond acceptors (Lipinski definition) is 3. The minimum Gasteiger partial charge on any atom is -0.493 e. The minimum atomic E-state index is -1.01. The summed E-state index contributed by atoms with van der Waals surface area (Å²) in [5.41, 5.74) is 3.11. The highest BCUT2D eigenvalue weighted by molar-refractivity contribution is 5.90. The van der Waals surface area contributed by atoms with Crippen molar-refractivity contribution in [2.75, 3.05) is 6.61 Å². The average molecular weight is 396 g/mol. The van der Waals surface area contributed by atoms with Crippen molar-refractivity contribution in [2.45, 2.75) is 33.7 Å². The summed E-state index contributed by atoms with van der Waals surface area (Å²) < 4.78 is 21.1. The quantitative estimate of drug-likeness (QED) is 0.546. The first-order valence-corrected chi connectivity index (χ1v) is 9.73. The number of carbonyl (C=O) groups is 1. The lowest BCUT2D eigenvalue weighted by atomic mass is 10.0. The van der Waals surface area contributed by atoms with E-state index >= 15 is 0 Å². The number of ether oxygens (including phenoxy) is 1. The van der Waals surface area contributed by atoms with Gasteiger partial charge in [0.2, 0.25) is 0 Å². The monoisotopic (exact) mass is 396 g/mol. The maximum absolute atomic E-state index is 13.4. The third-order valence-electron chi connectivity index (χ3n) is 4.42. The first-order valence-electron chi connectivity index (χ1n) is 9.73. The van der Waals surface area contributed by atoms with Crippen LogP contribution in [-0.2, 0) is 6.54 Å². The highest BCUT2D eigenvalue weighted by Crippen LogP contribution is 2.34. The maximum Gasteiger partial charge on any atom is 0.335 e. The van der Waals surface area contributed by atoms with Crippen LogP contribution in [0.2, 0.25) is 0 Å². The van der Waals surface area contributed by atoms with E-state index in [0.717, 1.165) is 17.7 Å². The Bertz CT molecular complexity index is 994. The van der Waals surface area contributed by atoms with Crippen LogP contribution in [-0.4, -0.2) is 27.5 Å².